The molecule has 0 radical (unpaired) electrons. The summed E-state index contributed by atoms with van der Waals surface area (Å²) in [7, 11) is -2.02. The molecule has 0 bridgehead atoms. The summed E-state index contributed by atoms with van der Waals surface area (Å²) in [6.07, 6.45) is 0.649. The van der Waals surface area contributed by atoms with E-state index in [1.54, 1.807) is 13.1 Å². The van der Waals surface area contributed by atoms with Crippen LogP contribution in [0, 0.1) is 5.82 Å². The largest absolute Gasteiger partial charge is 0.295 e. The third-order valence-electron chi connectivity index (χ3n) is 6.06. The van der Waals surface area contributed by atoms with E-state index in [0.29, 0.717) is 56.1 Å². The van der Waals surface area contributed by atoms with Crippen molar-refractivity contribution in [1.82, 2.24) is 28.4 Å². The van der Waals surface area contributed by atoms with Gasteiger partial charge < -0.3 is 0 Å². The first kappa shape index (κ1) is 21.7. The van der Waals surface area contributed by atoms with Crippen LogP contribution in [0.3, 0.4) is 0 Å². The highest BCUT2D eigenvalue weighted by atomic mass is 32.2. The Balaban J connectivity index is 1.40. The topological polar surface area (TPSA) is 92.8 Å². The molecule has 11 heteroatoms. The first-order valence-corrected chi connectivity index (χ1v) is 12.1. The minimum Gasteiger partial charge on any atom is -0.295 e. The van der Waals surface area contributed by atoms with Crippen LogP contribution in [0.2, 0.25) is 0 Å². The number of aromatic nitrogens is 4. The summed E-state index contributed by atoms with van der Waals surface area (Å²) in [5.74, 6) is 0.678. The summed E-state index contributed by atoms with van der Waals surface area (Å²) < 4.78 is 44.0. The van der Waals surface area contributed by atoms with Gasteiger partial charge in [0.25, 0.3) is 5.56 Å². The van der Waals surface area contributed by atoms with E-state index in [1.807, 2.05) is 22.6 Å². The summed E-state index contributed by atoms with van der Waals surface area (Å²) in [5.41, 5.74) is 0.611. The first-order chi connectivity index (χ1) is 15.9. The van der Waals surface area contributed by atoms with Crippen LogP contribution in [0.25, 0.3) is 16.7 Å². The predicted molar refractivity (Wildman–Crippen MR) is 121 cm³/mol. The Hall–Kier alpha value is -3.15. The molecule has 0 atom stereocenters. The summed E-state index contributed by atoms with van der Waals surface area (Å²) in [6, 6.07) is 12.3. The molecular formula is C22H23FN6O3S. The average Bonchev–Trinajstić information content (AvgIpc) is 3.07. The van der Waals surface area contributed by atoms with Gasteiger partial charge in [-0.15, -0.1) is 10.2 Å². The molecule has 2 aromatic heterocycles. The Labute approximate surface area is 189 Å². The molecule has 172 valence electrons. The van der Waals surface area contributed by atoms with Gasteiger partial charge in [-0.2, -0.15) is 4.31 Å². The molecule has 2 aromatic carbocycles. The van der Waals surface area contributed by atoms with Crippen molar-refractivity contribution in [1.29, 1.82) is 0 Å². The number of hydrogen-bond donors (Lipinski definition) is 0. The Morgan fingerprint density at radius 1 is 0.970 bits per heavy atom. The van der Waals surface area contributed by atoms with Crippen LogP contribution in [-0.2, 0) is 23.6 Å². The molecule has 1 aliphatic heterocycles. The van der Waals surface area contributed by atoms with Crippen LogP contribution in [-0.4, -0.2) is 63.0 Å². The van der Waals surface area contributed by atoms with Gasteiger partial charge in [0.05, 0.1) is 22.3 Å². The molecule has 0 saturated carbocycles. The van der Waals surface area contributed by atoms with Crippen molar-refractivity contribution in [3.8, 4) is 0 Å². The molecule has 1 saturated heterocycles. The van der Waals surface area contributed by atoms with E-state index in [9.17, 15) is 17.6 Å². The standard InChI is InChI=1S/C22H23FN6O3S/c1-26-21(30)18-5-2-3-6-19(18)29-20(24-25-22(26)29)15-27-11-4-12-28(14-13-27)33(31,32)17-9-7-16(23)8-10-17/h2-3,5-10H,4,11-15H2,1H3. The van der Waals surface area contributed by atoms with E-state index < -0.39 is 15.8 Å². The number of fused-ring (bicyclic) bond motifs is 3. The van der Waals surface area contributed by atoms with E-state index in [0.717, 1.165) is 17.6 Å². The van der Waals surface area contributed by atoms with Gasteiger partial charge in [0, 0.05) is 26.7 Å². The minimum absolute atomic E-state index is 0.0909. The number of aryl methyl sites for hydroxylation is 1. The Bertz CT molecular complexity index is 1500. The maximum atomic E-state index is 13.2. The molecule has 0 amide bonds. The second-order valence-electron chi connectivity index (χ2n) is 8.12. The molecule has 1 aliphatic rings. The fourth-order valence-electron chi connectivity index (χ4n) is 4.30. The highest BCUT2D eigenvalue weighted by molar-refractivity contribution is 7.89. The summed E-state index contributed by atoms with van der Waals surface area (Å²) in [4.78, 5) is 14.9. The number of halogens is 1. The van der Waals surface area contributed by atoms with Gasteiger partial charge >= 0.3 is 0 Å². The number of para-hydroxylation sites is 1. The second-order valence-corrected chi connectivity index (χ2v) is 10.1. The molecule has 5 rings (SSSR count). The van der Waals surface area contributed by atoms with Crippen LogP contribution < -0.4 is 5.56 Å². The second kappa shape index (κ2) is 8.32. The first-order valence-electron chi connectivity index (χ1n) is 10.7. The summed E-state index contributed by atoms with van der Waals surface area (Å²) in [6.45, 7) is 2.37. The predicted octanol–water partition coefficient (Wildman–Crippen LogP) is 1.62. The van der Waals surface area contributed by atoms with Gasteiger partial charge in [-0.3, -0.25) is 18.7 Å². The molecule has 4 aromatic rings. The van der Waals surface area contributed by atoms with Crippen molar-refractivity contribution in [2.75, 3.05) is 26.2 Å². The van der Waals surface area contributed by atoms with E-state index in [2.05, 4.69) is 15.1 Å². The Morgan fingerprint density at radius 2 is 1.73 bits per heavy atom. The molecular weight excluding hydrogens is 447 g/mol. The molecule has 0 unspecified atom stereocenters. The Kier molecular flexibility index (Phi) is 5.47. The third kappa shape index (κ3) is 3.81. The summed E-state index contributed by atoms with van der Waals surface area (Å²) >= 11 is 0. The number of benzene rings is 2. The lowest BCUT2D eigenvalue weighted by Gasteiger charge is -2.21. The molecule has 0 spiro atoms. The van der Waals surface area contributed by atoms with Crippen LogP contribution in [0.1, 0.15) is 12.2 Å². The van der Waals surface area contributed by atoms with Crippen molar-refractivity contribution in [2.24, 2.45) is 7.05 Å². The van der Waals surface area contributed by atoms with Crippen LogP contribution >= 0.6 is 0 Å². The van der Waals surface area contributed by atoms with E-state index >= 15 is 0 Å². The van der Waals surface area contributed by atoms with Crippen LogP contribution in [0.4, 0.5) is 4.39 Å². The zero-order valence-electron chi connectivity index (χ0n) is 18.1. The van der Waals surface area contributed by atoms with Gasteiger partial charge in [0.2, 0.25) is 15.8 Å². The fourth-order valence-corrected chi connectivity index (χ4v) is 5.77. The van der Waals surface area contributed by atoms with Gasteiger partial charge in [-0.25, -0.2) is 12.8 Å². The maximum absolute atomic E-state index is 13.2. The molecule has 0 aliphatic carbocycles. The number of nitrogens with zero attached hydrogens (tertiary/aromatic N) is 6. The maximum Gasteiger partial charge on any atom is 0.262 e. The lowest BCUT2D eigenvalue weighted by Crippen LogP contribution is -2.35. The SMILES string of the molecule is Cn1c(=O)c2ccccc2n2c(CN3CCCN(S(=O)(=O)c4ccc(F)cc4)CC3)nnc12. The lowest BCUT2D eigenvalue weighted by atomic mass is 10.2. The van der Waals surface area contributed by atoms with Crippen molar-refractivity contribution in [3.63, 3.8) is 0 Å². The Morgan fingerprint density at radius 3 is 2.52 bits per heavy atom. The van der Waals surface area contributed by atoms with Crippen LogP contribution in [0.15, 0.2) is 58.2 Å². The number of rotatable bonds is 4. The number of sulfonamides is 1. The van der Waals surface area contributed by atoms with Crippen molar-refractivity contribution in [3.05, 3.63) is 70.5 Å². The summed E-state index contributed by atoms with van der Waals surface area (Å²) in [5, 5.41) is 9.16. The van der Waals surface area contributed by atoms with Crippen molar-refractivity contribution < 1.29 is 12.8 Å². The molecule has 33 heavy (non-hydrogen) atoms. The van der Waals surface area contributed by atoms with Gasteiger partial charge in [0.15, 0.2) is 5.82 Å². The zero-order valence-corrected chi connectivity index (χ0v) is 18.9. The minimum atomic E-state index is -3.69. The fraction of sp³-hybridized carbons (Fsp3) is 0.318. The van der Waals surface area contributed by atoms with Gasteiger partial charge in [-0.1, -0.05) is 12.1 Å². The number of hydrogen-bond acceptors (Lipinski definition) is 6. The third-order valence-corrected chi connectivity index (χ3v) is 7.97. The monoisotopic (exact) mass is 470 g/mol. The van der Waals surface area contributed by atoms with E-state index in [4.69, 9.17) is 0 Å². The molecule has 3 heterocycles. The lowest BCUT2D eigenvalue weighted by molar-refractivity contribution is 0.271. The molecule has 0 N–H and O–H groups in total. The van der Waals surface area contributed by atoms with Crippen LogP contribution in [0.5, 0.6) is 0 Å². The quantitative estimate of drug-likeness (QED) is 0.450. The van der Waals surface area contributed by atoms with E-state index in [1.165, 1.54) is 21.0 Å². The normalized spacial score (nSPS) is 16.4. The zero-order chi connectivity index (χ0) is 23.2. The van der Waals surface area contributed by atoms with E-state index in [-0.39, 0.29) is 10.5 Å². The molecule has 9 nitrogen and oxygen atoms in total. The van der Waals surface area contributed by atoms with Crippen molar-refractivity contribution in [2.45, 2.75) is 17.9 Å². The highest BCUT2D eigenvalue weighted by Crippen LogP contribution is 2.20. The highest BCUT2D eigenvalue weighted by Gasteiger charge is 2.27. The average molecular weight is 471 g/mol. The van der Waals surface area contributed by atoms with Crippen molar-refractivity contribution >= 4 is 26.7 Å². The van der Waals surface area contributed by atoms with Gasteiger partial charge in [0.1, 0.15) is 5.82 Å². The van der Waals surface area contributed by atoms with Gasteiger partial charge in [-0.05, 0) is 49.4 Å². The molecule has 1 fully saturated rings. The smallest absolute Gasteiger partial charge is 0.262 e.